The van der Waals surface area contributed by atoms with Crippen LogP contribution in [-0.4, -0.2) is 5.78 Å². The van der Waals surface area contributed by atoms with Gasteiger partial charge in [-0.25, -0.2) is 0 Å². The second-order valence-corrected chi connectivity index (χ2v) is 6.14. The molecule has 1 nitrogen and oxygen atoms in total. The number of benzene rings is 1. The number of hydrogen-bond donors (Lipinski definition) is 0. The summed E-state index contributed by atoms with van der Waals surface area (Å²) in [6, 6.07) is 7.85. The summed E-state index contributed by atoms with van der Waals surface area (Å²) < 4.78 is 0. The fraction of sp³-hybridized carbons (Fsp3) is 0.267. The molecule has 0 saturated carbocycles. The van der Waals surface area contributed by atoms with Crippen molar-refractivity contribution >= 4 is 28.7 Å². The van der Waals surface area contributed by atoms with Gasteiger partial charge in [0.05, 0.1) is 0 Å². The van der Waals surface area contributed by atoms with E-state index < -0.39 is 0 Å². The summed E-state index contributed by atoms with van der Waals surface area (Å²) in [5, 5.41) is 2.85. The zero-order valence-electron chi connectivity index (χ0n) is 10.1. The molecule has 1 aliphatic carbocycles. The molecular formula is C15H13ClOS. The highest BCUT2D eigenvalue weighted by Crippen LogP contribution is 2.39. The van der Waals surface area contributed by atoms with Gasteiger partial charge in [-0.05, 0) is 41.8 Å². The predicted molar refractivity (Wildman–Crippen MR) is 75.9 cm³/mol. The molecule has 1 aromatic carbocycles. The zero-order chi connectivity index (χ0) is 12.7. The minimum atomic E-state index is 0.233. The molecule has 0 radical (unpaired) electrons. The van der Waals surface area contributed by atoms with Crippen LogP contribution in [0.2, 0.25) is 5.02 Å². The lowest BCUT2D eigenvalue weighted by molar-refractivity contribution is 0.0965. The molecule has 0 bridgehead atoms. The first-order valence-corrected chi connectivity index (χ1v) is 7.27. The third kappa shape index (κ3) is 1.90. The van der Waals surface area contributed by atoms with Gasteiger partial charge in [0.1, 0.15) is 0 Å². The molecule has 0 N–H and O–H groups in total. The molecule has 3 heteroatoms. The number of fused-ring (bicyclic) bond motifs is 1. The summed E-state index contributed by atoms with van der Waals surface area (Å²) in [7, 11) is 0. The summed E-state index contributed by atoms with van der Waals surface area (Å²) in [6.45, 7) is 2.02. The largest absolute Gasteiger partial charge is 0.294 e. The van der Waals surface area contributed by atoms with E-state index in [0.717, 1.165) is 28.1 Å². The van der Waals surface area contributed by atoms with Gasteiger partial charge in [-0.3, -0.25) is 4.79 Å². The molecule has 2 aromatic rings. The second kappa shape index (κ2) is 4.52. The first kappa shape index (κ1) is 11.9. The summed E-state index contributed by atoms with van der Waals surface area (Å²) >= 11 is 7.93. The van der Waals surface area contributed by atoms with Crippen LogP contribution >= 0.6 is 22.9 Å². The standard InChI is InChI=1S/C15H13ClOS/c1-9-8-18-14-7-10(6-13(17)15(9)14)11-4-2-3-5-12(11)16/h2-5,8,10H,6-7H2,1H3. The monoisotopic (exact) mass is 276 g/mol. The normalized spacial score (nSPS) is 18.8. The van der Waals surface area contributed by atoms with Gasteiger partial charge in [0.25, 0.3) is 0 Å². The molecule has 0 fully saturated rings. The van der Waals surface area contributed by atoms with E-state index >= 15 is 0 Å². The van der Waals surface area contributed by atoms with Crippen LogP contribution in [0.3, 0.4) is 0 Å². The topological polar surface area (TPSA) is 17.1 Å². The highest BCUT2D eigenvalue weighted by atomic mass is 35.5. The summed E-state index contributed by atoms with van der Waals surface area (Å²) in [4.78, 5) is 13.4. The van der Waals surface area contributed by atoms with Gasteiger partial charge in [0.2, 0.25) is 0 Å². The average Bonchev–Trinajstić information content (AvgIpc) is 2.72. The Morgan fingerprint density at radius 2 is 2.06 bits per heavy atom. The van der Waals surface area contributed by atoms with Crippen molar-refractivity contribution in [2.75, 3.05) is 0 Å². The van der Waals surface area contributed by atoms with Crippen LogP contribution in [-0.2, 0) is 6.42 Å². The van der Waals surface area contributed by atoms with Crippen LogP contribution in [0.5, 0.6) is 0 Å². The number of thiophene rings is 1. The molecule has 0 aliphatic heterocycles. The van der Waals surface area contributed by atoms with E-state index in [9.17, 15) is 4.79 Å². The van der Waals surface area contributed by atoms with Crippen molar-refractivity contribution < 1.29 is 4.79 Å². The van der Waals surface area contributed by atoms with Gasteiger partial charge in [0, 0.05) is 21.9 Å². The van der Waals surface area contributed by atoms with Crippen molar-refractivity contribution in [3.63, 3.8) is 0 Å². The van der Waals surface area contributed by atoms with E-state index in [1.54, 1.807) is 11.3 Å². The van der Waals surface area contributed by atoms with Crippen molar-refractivity contribution in [1.82, 2.24) is 0 Å². The minimum absolute atomic E-state index is 0.233. The number of ketones is 1. The summed E-state index contributed by atoms with van der Waals surface area (Å²) in [5.41, 5.74) is 3.19. The molecule has 18 heavy (non-hydrogen) atoms. The number of Topliss-reactive ketones (excluding diaryl/α,β-unsaturated/α-hetero) is 1. The van der Waals surface area contributed by atoms with Crippen LogP contribution < -0.4 is 0 Å². The van der Waals surface area contributed by atoms with Gasteiger partial charge < -0.3 is 0 Å². The average molecular weight is 277 g/mol. The Morgan fingerprint density at radius 1 is 1.28 bits per heavy atom. The SMILES string of the molecule is Cc1csc2c1C(=O)CC(c1ccccc1Cl)C2. The number of rotatable bonds is 1. The number of halogens is 1. The quantitative estimate of drug-likeness (QED) is 0.743. The Hall–Kier alpha value is -1.12. The van der Waals surface area contributed by atoms with Crippen molar-refractivity contribution in [2.24, 2.45) is 0 Å². The van der Waals surface area contributed by atoms with Gasteiger partial charge in [-0.1, -0.05) is 29.8 Å². The first-order valence-electron chi connectivity index (χ1n) is 6.01. The Labute approximate surface area is 115 Å². The lowest BCUT2D eigenvalue weighted by atomic mass is 9.82. The smallest absolute Gasteiger partial charge is 0.164 e. The Bertz CT molecular complexity index is 615. The molecule has 1 heterocycles. The Morgan fingerprint density at radius 3 is 2.83 bits per heavy atom. The maximum Gasteiger partial charge on any atom is 0.164 e. The lowest BCUT2D eigenvalue weighted by Gasteiger charge is -2.22. The number of hydrogen-bond acceptors (Lipinski definition) is 2. The first-order chi connectivity index (χ1) is 8.66. The Balaban J connectivity index is 2.00. The number of carbonyl (C=O) groups excluding carboxylic acids is 1. The van der Waals surface area contributed by atoms with Crippen molar-refractivity contribution in [3.8, 4) is 0 Å². The molecule has 3 rings (SSSR count). The lowest BCUT2D eigenvalue weighted by Crippen LogP contribution is -2.17. The van der Waals surface area contributed by atoms with E-state index in [1.807, 2.05) is 31.2 Å². The van der Waals surface area contributed by atoms with Crippen molar-refractivity contribution in [1.29, 1.82) is 0 Å². The molecule has 0 saturated heterocycles. The van der Waals surface area contributed by atoms with Gasteiger partial charge in [-0.15, -0.1) is 11.3 Å². The van der Waals surface area contributed by atoms with Crippen LogP contribution in [0.4, 0.5) is 0 Å². The van der Waals surface area contributed by atoms with Crippen molar-refractivity contribution in [3.05, 3.63) is 56.2 Å². The van der Waals surface area contributed by atoms with E-state index in [-0.39, 0.29) is 11.7 Å². The molecule has 0 amide bonds. The predicted octanol–water partition coefficient (Wildman–Crippen LogP) is 4.62. The fourth-order valence-corrected chi connectivity index (χ4v) is 4.09. The molecule has 1 atom stereocenters. The highest BCUT2D eigenvalue weighted by molar-refractivity contribution is 7.10. The third-order valence-corrected chi connectivity index (χ3v) is 5.01. The molecule has 1 unspecified atom stereocenters. The fourth-order valence-electron chi connectivity index (χ4n) is 2.67. The van der Waals surface area contributed by atoms with Gasteiger partial charge in [-0.2, -0.15) is 0 Å². The van der Waals surface area contributed by atoms with Crippen LogP contribution in [0.25, 0.3) is 0 Å². The second-order valence-electron chi connectivity index (χ2n) is 4.77. The number of aryl methyl sites for hydroxylation is 1. The molecule has 92 valence electrons. The maximum absolute atomic E-state index is 12.2. The van der Waals surface area contributed by atoms with Crippen LogP contribution in [0, 0.1) is 6.92 Å². The van der Waals surface area contributed by atoms with Crippen LogP contribution in [0.1, 0.15) is 38.7 Å². The molecule has 0 spiro atoms. The third-order valence-electron chi connectivity index (χ3n) is 3.54. The van der Waals surface area contributed by atoms with Crippen molar-refractivity contribution in [2.45, 2.75) is 25.7 Å². The van der Waals surface area contributed by atoms with Crippen LogP contribution in [0.15, 0.2) is 29.6 Å². The maximum atomic E-state index is 12.2. The van der Waals surface area contributed by atoms with E-state index in [2.05, 4.69) is 5.38 Å². The minimum Gasteiger partial charge on any atom is -0.294 e. The molecule has 1 aromatic heterocycles. The summed E-state index contributed by atoms with van der Waals surface area (Å²) in [5.74, 6) is 0.497. The van der Waals surface area contributed by atoms with E-state index in [4.69, 9.17) is 11.6 Å². The van der Waals surface area contributed by atoms with Gasteiger partial charge >= 0.3 is 0 Å². The zero-order valence-corrected chi connectivity index (χ0v) is 11.6. The van der Waals surface area contributed by atoms with E-state index in [1.165, 1.54) is 4.88 Å². The van der Waals surface area contributed by atoms with Gasteiger partial charge in [0.15, 0.2) is 5.78 Å². The molecule has 1 aliphatic rings. The summed E-state index contributed by atoms with van der Waals surface area (Å²) in [6.07, 6.45) is 1.51. The van der Waals surface area contributed by atoms with E-state index in [0.29, 0.717) is 6.42 Å². The highest BCUT2D eigenvalue weighted by Gasteiger charge is 2.29. The Kier molecular flexibility index (Phi) is 3.00. The number of carbonyl (C=O) groups is 1. The molecular weight excluding hydrogens is 264 g/mol.